The largest absolute Gasteiger partial charge is 0.372 e. The number of nitrogens with zero attached hydrogens (tertiary/aromatic N) is 2. The molecule has 1 aromatic rings. The Bertz CT molecular complexity index is 431. The van der Waals surface area contributed by atoms with Gasteiger partial charge in [-0.25, -0.2) is 4.98 Å². The van der Waals surface area contributed by atoms with E-state index in [1.807, 2.05) is 7.05 Å². The molecule has 1 heterocycles. The lowest BCUT2D eigenvalue weighted by Gasteiger charge is -2.35. The third-order valence-electron chi connectivity index (χ3n) is 3.78. The summed E-state index contributed by atoms with van der Waals surface area (Å²) in [6, 6.07) is 2.33. The van der Waals surface area contributed by atoms with Crippen LogP contribution in [0.1, 0.15) is 39.0 Å². The molecule has 19 heavy (non-hydrogen) atoms. The molecule has 3 nitrogen and oxygen atoms in total. The van der Waals surface area contributed by atoms with Gasteiger partial charge in [0.2, 0.25) is 0 Å². The van der Waals surface area contributed by atoms with Gasteiger partial charge in [0.05, 0.1) is 10.0 Å². The molecule has 1 aromatic heterocycles. The third-order valence-corrected chi connectivity index (χ3v) is 4.34. The van der Waals surface area contributed by atoms with Gasteiger partial charge in [0.25, 0.3) is 0 Å². The Balaban J connectivity index is 2.31. The van der Waals surface area contributed by atoms with E-state index >= 15 is 0 Å². The van der Waals surface area contributed by atoms with Crippen molar-refractivity contribution in [3.8, 4) is 0 Å². The lowest BCUT2D eigenvalue weighted by atomic mass is 9.94. The molecule has 1 N–H and O–H groups in total. The SMILES string of the molecule is CCN(c1nc(NC)c(Cl)cc1Cl)C1CCCCC1. The summed E-state index contributed by atoms with van der Waals surface area (Å²) in [5.41, 5.74) is 0. The van der Waals surface area contributed by atoms with Crippen molar-refractivity contribution < 1.29 is 0 Å². The minimum absolute atomic E-state index is 0.551. The molecule has 1 saturated carbocycles. The minimum Gasteiger partial charge on any atom is -0.372 e. The normalized spacial score (nSPS) is 16.4. The zero-order valence-corrected chi connectivity index (χ0v) is 13.1. The maximum atomic E-state index is 6.33. The first-order valence-corrected chi connectivity index (χ1v) is 7.73. The van der Waals surface area contributed by atoms with Gasteiger partial charge in [-0.2, -0.15) is 0 Å². The Labute approximate surface area is 125 Å². The summed E-state index contributed by atoms with van der Waals surface area (Å²) in [5.74, 6) is 1.54. The van der Waals surface area contributed by atoms with Crippen molar-refractivity contribution in [3.63, 3.8) is 0 Å². The number of rotatable bonds is 4. The second kappa shape index (κ2) is 6.67. The first-order chi connectivity index (χ1) is 9.17. The zero-order valence-electron chi connectivity index (χ0n) is 11.5. The Morgan fingerprint density at radius 2 is 1.95 bits per heavy atom. The molecule has 0 amide bonds. The van der Waals surface area contributed by atoms with Gasteiger partial charge in [0, 0.05) is 19.6 Å². The quantitative estimate of drug-likeness (QED) is 0.881. The second-order valence-corrected chi connectivity index (χ2v) is 5.77. The van der Waals surface area contributed by atoms with E-state index in [9.17, 15) is 0 Å². The van der Waals surface area contributed by atoms with Crippen LogP contribution in [0.25, 0.3) is 0 Å². The van der Waals surface area contributed by atoms with E-state index in [0.717, 1.165) is 12.4 Å². The van der Waals surface area contributed by atoms with E-state index in [1.165, 1.54) is 32.1 Å². The van der Waals surface area contributed by atoms with Crippen LogP contribution in [-0.4, -0.2) is 24.6 Å². The highest BCUT2D eigenvalue weighted by Crippen LogP contribution is 2.34. The monoisotopic (exact) mass is 301 g/mol. The van der Waals surface area contributed by atoms with Gasteiger partial charge in [0.15, 0.2) is 0 Å². The molecule has 0 atom stereocenters. The lowest BCUT2D eigenvalue weighted by molar-refractivity contribution is 0.416. The van der Waals surface area contributed by atoms with E-state index in [1.54, 1.807) is 6.07 Å². The van der Waals surface area contributed by atoms with Crippen molar-refractivity contribution in [2.75, 3.05) is 23.8 Å². The Morgan fingerprint density at radius 1 is 1.26 bits per heavy atom. The van der Waals surface area contributed by atoms with Crippen molar-refractivity contribution in [2.24, 2.45) is 0 Å². The summed E-state index contributed by atoms with van der Waals surface area (Å²) in [5, 5.41) is 4.22. The predicted molar refractivity (Wildman–Crippen MR) is 83.7 cm³/mol. The van der Waals surface area contributed by atoms with Crippen LogP contribution in [0.5, 0.6) is 0 Å². The van der Waals surface area contributed by atoms with Gasteiger partial charge in [0.1, 0.15) is 11.6 Å². The van der Waals surface area contributed by atoms with Gasteiger partial charge < -0.3 is 10.2 Å². The Morgan fingerprint density at radius 3 is 2.53 bits per heavy atom. The van der Waals surface area contributed by atoms with E-state index < -0.39 is 0 Å². The first kappa shape index (κ1) is 14.7. The number of halogens is 2. The number of hydrogen-bond acceptors (Lipinski definition) is 3. The molecule has 0 saturated heterocycles. The molecular weight excluding hydrogens is 281 g/mol. The lowest BCUT2D eigenvalue weighted by Crippen LogP contribution is -2.37. The summed E-state index contributed by atoms with van der Waals surface area (Å²) < 4.78 is 0. The standard InChI is InChI=1S/C14H21Cl2N3/c1-3-19(10-7-5-4-6-8-10)14-12(16)9-11(15)13(17-2)18-14/h9-10H,3-8H2,1-2H3,(H,17,18). The fraction of sp³-hybridized carbons (Fsp3) is 0.643. The van der Waals surface area contributed by atoms with Gasteiger partial charge in [-0.3, -0.25) is 0 Å². The van der Waals surface area contributed by atoms with Crippen LogP contribution in [0.4, 0.5) is 11.6 Å². The summed E-state index contributed by atoms with van der Waals surface area (Å²) in [7, 11) is 1.82. The molecular formula is C14H21Cl2N3. The predicted octanol–water partition coefficient (Wildman–Crippen LogP) is 4.59. The smallest absolute Gasteiger partial charge is 0.150 e. The molecule has 1 aliphatic rings. The fourth-order valence-corrected chi connectivity index (χ4v) is 3.37. The zero-order chi connectivity index (χ0) is 13.8. The molecule has 0 unspecified atom stereocenters. The highest BCUT2D eigenvalue weighted by atomic mass is 35.5. The van der Waals surface area contributed by atoms with Crippen molar-refractivity contribution in [2.45, 2.75) is 45.1 Å². The molecule has 106 valence electrons. The second-order valence-electron chi connectivity index (χ2n) is 4.95. The highest BCUT2D eigenvalue weighted by Gasteiger charge is 2.23. The van der Waals surface area contributed by atoms with Gasteiger partial charge in [-0.05, 0) is 25.8 Å². The van der Waals surface area contributed by atoms with E-state index in [-0.39, 0.29) is 0 Å². The Kier molecular flexibility index (Phi) is 5.17. The van der Waals surface area contributed by atoms with Gasteiger partial charge >= 0.3 is 0 Å². The number of pyridine rings is 1. The van der Waals surface area contributed by atoms with Crippen LogP contribution in [0.2, 0.25) is 10.0 Å². The summed E-state index contributed by atoms with van der Waals surface area (Å²) in [6.07, 6.45) is 6.39. The van der Waals surface area contributed by atoms with E-state index in [0.29, 0.717) is 21.9 Å². The molecule has 0 bridgehead atoms. The van der Waals surface area contributed by atoms with Gasteiger partial charge in [-0.15, -0.1) is 0 Å². The number of anilines is 2. The van der Waals surface area contributed by atoms with Crippen LogP contribution in [0, 0.1) is 0 Å². The third kappa shape index (κ3) is 3.26. The molecule has 0 radical (unpaired) electrons. The van der Waals surface area contributed by atoms with E-state index in [4.69, 9.17) is 23.2 Å². The fourth-order valence-electron chi connectivity index (χ4n) is 2.81. The van der Waals surface area contributed by atoms with Crippen molar-refractivity contribution >= 4 is 34.8 Å². The van der Waals surface area contributed by atoms with Crippen LogP contribution in [0.15, 0.2) is 6.07 Å². The van der Waals surface area contributed by atoms with Crippen molar-refractivity contribution in [3.05, 3.63) is 16.1 Å². The Hall–Kier alpha value is -0.670. The highest BCUT2D eigenvalue weighted by molar-refractivity contribution is 6.37. The maximum absolute atomic E-state index is 6.33. The summed E-state index contributed by atoms with van der Waals surface area (Å²) in [4.78, 5) is 6.91. The summed E-state index contributed by atoms with van der Waals surface area (Å²) in [6.45, 7) is 3.07. The average Bonchev–Trinajstić information content (AvgIpc) is 2.43. The number of hydrogen-bond donors (Lipinski definition) is 1. The summed E-state index contributed by atoms with van der Waals surface area (Å²) >= 11 is 12.4. The molecule has 1 aliphatic carbocycles. The topological polar surface area (TPSA) is 28.2 Å². The van der Waals surface area contributed by atoms with Crippen LogP contribution in [0.3, 0.4) is 0 Å². The van der Waals surface area contributed by atoms with E-state index in [2.05, 4.69) is 22.1 Å². The molecule has 0 aliphatic heterocycles. The maximum Gasteiger partial charge on any atom is 0.150 e. The van der Waals surface area contributed by atoms with Crippen molar-refractivity contribution in [1.82, 2.24) is 4.98 Å². The molecule has 0 spiro atoms. The van der Waals surface area contributed by atoms with Crippen LogP contribution >= 0.6 is 23.2 Å². The average molecular weight is 302 g/mol. The van der Waals surface area contributed by atoms with Crippen LogP contribution < -0.4 is 10.2 Å². The minimum atomic E-state index is 0.551. The number of aromatic nitrogens is 1. The number of nitrogens with one attached hydrogen (secondary N) is 1. The molecule has 1 fully saturated rings. The van der Waals surface area contributed by atoms with Gasteiger partial charge in [-0.1, -0.05) is 42.5 Å². The molecule has 5 heteroatoms. The molecule has 0 aromatic carbocycles. The van der Waals surface area contributed by atoms with Crippen molar-refractivity contribution in [1.29, 1.82) is 0 Å². The first-order valence-electron chi connectivity index (χ1n) is 6.97. The van der Waals surface area contributed by atoms with Crippen LogP contribution in [-0.2, 0) is 0 Å². The molecule has 2 rings (SSSR count).